The zero-order valence-corrected chi connectivity index (χ0v) is 17.2. The molecule has 0 saturated heterocycles. The second-order valence-electron chi connectivity index (χ2n) is 5.55. The number of alkyl halides is 3. The van der Waals surface area contributed by atoms with Gasteiger partial charge in [0.05, 0.1) is 5.69 Å². The fourth-order valence-corrected chi connectivity index (χ4v) is 2.21. The van der Waals surface area contributed by atoms with Gasteiger partial charge in [-0.25, -0.2) is 4.99 Å². The monoisotopic (exact) mass is 597 g/mol. The maximum Gasteiger partial charge on any atom is 0.453 e. The molecule has 0 fully saturated rings. The SMILES string of the molecule is FC(F)(F)C1=NC(c2ccccn2)N=N1.Fc1c[c-]c(-c2ccccn2)c(F)c1.[Ir]. The van der Waals surface area contributed by atoms with Crippen molar-refractivity contribution >= 4 is 5.84 Å². The molecule has 0 amide bonds. The summed E-state index contributed by atoms with van der Waals surface area (Å²) in [6.07, 6.45) is -2.51. The summed E-state index contributed by atoms with van der Waals surface area (Å²) in [4.78, 5) is 11.1. The number of aromatic nitrogens is 2. The number of aliphatic imine (C=N–C) groups is 1. The Morgan fingerprint density at radius 2 is 1.63 bits per heavy atom. The Bertz CT molecular complexity index is 1030. The quantitative estimate of drug-likeness (QED) is 0.297. The molecule has 0 spiro atoms. The average molecular weight is 597 g/mol. The van der Waals surface area contributed by atoms with Crippen molar-refractivity contribution in [3.63, 3.8) is 0 Å². The molecule has 5 nitrogen and oxygen atoms in total. The van der Waals surface area contributed by atoms with Crippen LogP contribution in [0.1, 0.15) is 11.9 Å². The molecular formula is C19H11F5IrN5-. The number of pyridine rings is 2. The summed E-state index contributed by atoms with van der Waals surface area (Å²) >= 11 is 0. The number of nitrogens with zero attached hydrogens (tertiary/aromatic N) is 5. The number of amidine groups is 1. The molecule has 3 heterocycles. The largest absolute Gasteiger partial charge is 0.453 e. The van der Waals surface area contributed by atoms with Crippen LogP contribution in [0.3, 0.4) is 0 Å². The van der Waals surface area contributed by atoms with Gasteiger partial charge in [-0.1, -0.05) is 29.8 Å². The molecule has 1 aromatic carbocycles. The Morgan fingerprint density at radius 3 is 2.17 bits per heavy atom. The summed E-state index contributed by atoms with van der Waals surface area (Å²) in [6.45, 7) is 0. The Kier molecular flexibility index (Phi) is 7.96. The third-order valence-electron chi connectivity index (χ3n) is 3.49. The van der Waals surface area contributed by atoms with Crippen LogP contribution in [0.2, 0.25) is 0 Å². The van der Waals surface area contributed by atoms with Crippen LogP contribution in [0.4, 0.5) is 22.0 Å². The van der Waals surface area contributed by atoms with Crippen molar-refractivity contribution in [1.82, 2.24) is 9.97 Å². The maximum atomic E-state index is 13.2. The maximum absolute atomic E-state index is 13.2. The van der Waals surface area contributed by atoms with Crippen molar-refractivity contribution < 1.29 is 42.1 Å². The molecule has 1 radical (unpaired) electrons. The standard InChI is InChI=1S/C11H6F2N.C8H5F3N4.Ir/c12-8-4-5-9(10(13)7-8)11-3-1-2-6-14-11;9-8(10,11)7-13-6(14-15-7)5-3-1-2-4-12-5;/h1-4,6-7H;1-4,6H;/q-1;;. The molecule has 11 heteroatoms. The first-order valence-electron chi connectivity index (χ1n) is 8.09. The molecule has 1 atom stereocenters. The van der Waals surface area contributed by atoms with Gasteiger partial charge in [0.25, 0.3) is 5.84 Å². The molecule has 0 saturated carbocycles. The van der Waals surface area contributed by atoms with Crippen LogP contribution in [0.15, 0.2) is 76.1 Å². The van der Waals surface area contributed by atoms with E-state index in [0.29, 0.717) is 11.4 Å². The number of rotatable bonds is 2. The van der Waals surface area contributed by atoms with E-state index in [1.165, 1.54) is 6.20 Å². The van der Waals surface area contributed by atoms with E-state index in [1.807, 2.05) is 0 Å². The summed E-state index contributed by atoms with van der Waals surface area (Å²) < 4.78 is 62.2. The van der Waals surface area contributed by atoms with Gasteiger partial charge in [0.2, 0.25) is 6.17 Å². The molecular weight excluding hydrogens is 585 g/mol. The molecule has 3 aromatic rings. The van der Waals surface area contributed by atoms with E-state index in [1.54, 1.807) is 42.6 Å². The summed E-state index contributed by atoms with van der Waals surface area (Å²) in [5.41, 5.74) is 0.984. The number of benzene rings is 1. The predicted molar refractivity (Wildman–Crippen MR) is 93.7 cm³/mol. The van der Waals surface area contributed by atoms with Gasteiger partial charge in [-0.05, 0) is 23.9 Å². The van der Waals surface area contributed by atoms with E-state index in [9.17, 15) is 22.0 Å². The van der Waals surface area contributed by atoms with Crippen LogP contribution in [-0.2, 0) is 20.1 Å². The Morgan fingerprint density at radius 1 is 0.933 bits per heavy atom. The van der Waals surface area contributed by atoms with Crippen molar-refractivity contribution in [3.05, 3.63) is 84.3 Å². The molecule has 1 aliphatic heterocycles. The number of azo groups is 1. The van der Waals surface area contributed by atoms with E-state index in [-0.39, 0.29) is 25.7 Å². The van der Waals surface area contributed by atoms with Crippen molar-refractivity contribution in [2.45, 2.75) is 12.3 Å². The molecule has 157 valence electrons. The van der Waals surface area contributed by atoms with Gasteiger partial charge >= 0.3 is 6.18 Å². The first-order valence-corrected chi connectivity index (χ1v) is 8.09. The van der Waals surface area contributed by atoms with Crippen molar-refractivity contribution in [3.8, 4) is 11.3 Å². The molecule has 30 heavy (non-hydrogen) atoms. The molecule has 4 rings (SSSR count). The van der Waals surface area contributed by atoms with E-state index in [2.05, 4.69) is 31.3 Å². The fraction of sp³-hybridized carbons (Fsp3) is 0.105. The van der Waals surface area contributed by atoms with E-state index >= 15 is 0 Å². The summed E-state index contributed by atoms with van der Waals surface area (Å²) in [7, 11) is 0. The summed E-state index contributed by atoms with van der Waals surface area (Å²) in [6, 6.07) is 14.4. The van der Waals surface area contributed by atoms with Gasteiger partial charge in [0.15, 0.2) is 0 Å². The van der Waals surface area contributed by atoms with E-state index in [4.69, 9.17) is 0 Å². The summed E-state index contributed by atoms with van der Waals surface area (Å²) in [5.74, 6) is -2.50. The average Bonchev–Trinajstić information content (AvgIpc) is 3.21. The molecule has 1 unspecified atom stereocenters. The molecule has 0 aliphatic carbocycles. The van der Waals surface area contributed by atoms with Crippen molar-refractivity contribution in [2.75, 3.05) is 0 Å². The van der Waals surface area contributed by atoms with Crippen LogP contribution in [0.25, 0.3) is 11.3 Å². The van der Waals surface area contributed by atoms with E-state index in [0.717, 1.165) is 12.1 Å². The van der Waals surface area contributed by atoms with Gasteiger partial charge in [-0.3, -0.25) is 13.8 Å². The van der Waals surface area contributed by atoms with Gasteiger partial charge in [-0.2, -0.15) is 18.3 Å². The third kappa shape index (κ3) is 6.04. The topological polar surface area (TPSA) is 62.9 Å². The van der Waals surface area contributed by atoms with E-state index < -0.39 is 29.8 Å². The second kappa shape index (κ2) is 10.2. The van der Waals surface area contributed by atoms with Crippen LogP contribution < -0.4 is 0 Å². The van der Waals surface area contributed by atoms with Crippen LogP contribution >= 0.6 is 0 Å². The van der Waals surface area contributed by atoms with Gasteiger partial charge < -0.3 is 4.98 Å². The summed E-state index contributed by atoms with van der Waals surface area (Å²) in [5, 5.41) is 6.37. The molecule has 0 bridgehead atoms. The Labute approximate surface area is 181 Å². The first kappa shape index (κ1) is 23.4. The number of hydrogen-bond acceptors (Lipinski definition) is 5. The van der Waals surface area contributed by atoms with Crippen LogP contribution in [0.5, 0.6) is 0 Å². The number of hydrogen-bond donors (Lipinski definition) is 0. The first-order chi connectivity index (χ1) is 13.8. The van der Waals surface area contributed by atoms with Crippen LogP contribution in [-0.4, -0.2) is 22.0 Å². The van der Waals surface area contributed by atoms with Crippen molar-refractivity contribution in [1.29, 1.82) is 0 Å². The molecule has 0 N–H and O–H groups in total. The Balaban J connectivity index is 0.000000207. The minimum Gasteiger partial charge on any atom is -0.305 e. The zero-order valence-electron chi connectivity index (χ0n) is 14.8. The molecule has 2 aromatic heterocycles. The van der Waals surface area contributed by atoms with Crippen molar-refractivity contribution in [2.24, 2.45) is 15.2 Å². The smallest absolute Gasteiger partial charge is 0.305 e. The minimum atomic E-state index is -4.55. The zero-order chi connectivity index (χ0) is 20.9. The van der Waals surface area contributed by atoms with Gasteiger partial charge in [-0.15, -0.1) is 17.2 Å². The molecule has 1 aliphatic rings. The van der Waals surface area contributed by atoms with Gasteiger partial charge in [0, 0.05) is 44.1 Å². The third-order valence-corrected chi connectivity index (χ3v) is 3.49. The fourth-order valence-electron chi connectivity index (χ4n) is 2.21. The predicted octanol–water partition coefficient (Wildman–Crippen LogP) is 5.33. The second-order valence-corrected chi connectivity index (χ2v) is 5.55. The number of halogens is 5. The Hall–Kier alpha value is -2.91. The van der Waals surface area contributed by atoms with Crippen LogP contribution in [0, 0.1) is 17.7 Å². The normalized spacial score (nSPS) is 15.0. The minimum absolute atomic E-state index is 0. The van der Waals surface area contributed by atoms with Gasteiger partial charge in [0.1, 0.15) is 0 Å².